The molecule has 0 fully saturated rings. The number of rotatable bonds is 1. The molecule has 0 bridgehead atoms. The van der Waals surface area contributed by atoms with E-state index in [1.165, 1.54) is 22.3 Å². The molecule has 1 spiro atoms. The third-order valence-electron chi connectivity index (χ3n) is 9.29. The highest BCUT2D eigenvalue weighted by molar-refractivity contribution is 7.92. The quantitative estimate of drug-likeness (QED) is 0.202. The van der Waals surface area contributed by atoms with Gasteiger partial charge in [0.25, 0.3) is 0 Å². The van der Waals surface area contributed by atoms with Crippen molar-refractivity contribution in [2.75, 3.05) is 4.90 Å². The largest absolute Gasteiger partial charge is 0.308 e. The minimum atomic E-state index is -3.72. The number of hydrogen-bond donors (Lipinski definition) is 0. The lowest BCUT2D eigenvalue weighted by Crippen LogP contribution is -2.41. The number of nitrogens with zero attached hydrogens (tertiary/aromatic N) is 1. The SMILES string of the molecule is O=S1(=O)c2ccccc2-c2cccc(N3c4ccccc4C4(c5ccccc5Cc5ccccc54)c4ccccc43)c21. The Morgan fingerprint density at radius 1 is 0.476 bits per heavy atom. The summed E-state index contributed by atoms with van der Waals surface area (Å²) in [6.07, 6.45) is 0.880. The molecule has 0 N–H and O–H groups in total. The lowest BCUT2D eigenvalue weighted by atomic mass is 9.58. The summed E-state index contributed by atoms with van der Waals surface area (Å²) >= 11 is 0. The Hall–Kier alpha value is -4.93. The molecular weight excluding hydrogens is 534 g/mol. The number of anilines is 3. The molecule has 9 rings (SSSR count). The van der Waals surface area contributed by atoms with Crippen molar-refractivity contribution in [1.82, 2.24) is 0 Å². The van der Waals surface area contributed by atoms with E-state index in [-0.39, 0.29) is 0 Å². The van der Waals surface area contributed by atoms with Gasteiger partial charge in [0.15, 0.2) is 0 Å². The van der Waals surface area contributed by atoms with Gasteiger partial charge < -0.3 is 4.90 Å². The van der Waals surface area contributed by atoms with Gasteiger partial charge >= 0.3 is 0 Å². The van der Waals surface area contributed by atoms with E-state index in [1.807, 2.05) is 30.3 Å². The van der Waals surface area contributed by atoms with Crippen LogP contribution in [0.2, 0.25) is 0 Å². The third-order valence-corrected chi connectivity index (χ3v) is 11.2. The van der Waals surface area contributed by atoms with Crippen LogP contribution < -0.4 is 4.90 Å². The second-order valence-electron chi connectivity index (χ2n) is 11.3. The van der Waals surface area contributed by atoms with Crippen LogP contribution in [0.15, 0.2) is 149 Å². The minimum Gasteiger partial charge on any atom is -0.308 e. The molecule has 0 unspecified atom stereocenters. The second-order valence-corrected chi connectivity index (χ2v) is 13.1. The highest BCUT2D eigenvalue weighted by atomic mass is 32.2. The molecule has 42 heavy (non-hydrogen) atoms. The van der Waals surface area contributed by atoms with Gasteiger partial charge in [-0.15, -0.1) is 0 Å². The molecular formula is C38H25NO2S. The molecule has 6 aromatic carbocycles. The number of hydrogen-bond acceptors (Lipinski definition) is 3. The zero-order valence-corrected chi connectivity index (χ0v) is 23.5. The van der Waals surface area contributed by atoms with Crippen LogP contribution >= 0.6 is 0 Å². The molecule has 0 saturated carbocycles. The summed E-state index contributed by atoms with van der Waals surface area (Å²) in [5.41, 5.74) is 11.1. The summed E-state index contributed by atoms with van der Waals surface area (Å²) in [6, 6.07) is 47.8. The van der Waals surface area contributed by atoms with Crippen LogP contribution in [0.4, 0.5) is 17.1 Å². The average Bonchev–Trinajstić information content (AvgIpc) is 3.28. The van der Waals surface area contributed by atoms with Gasteiger partial charge in [-0.1, -0.05) is 115 Å². The van der Waals surface area contributed by atoms with Crippen molar-refractivity contribution in [3.05, 3.63) is 173 Å². The van der Waals surface area contributed by atoms with Crippen LogP contribution in [0.1, 0.15) is 33.4 Å². The average molecular weight is 560 g/mol. The smallest absolute Gasteiger partial charge is 0.209 e. The first-order valence-corrected chi connectivity index (χ1v) is 15.7. The predicted molar refractivity (Wildman–Crippen MR) is 167 cm³/mol. The first-order chi connectivity index (χ1) is 20.6. The summed E-state index contributed by atoms with van der Waals surface area (Å²) in [5.74, 6) is 0. The molecule has 2 heterocycles. The number of para-hydroxylation sites is 2. The Labute approximate surface area is 245 Å². The van der Waals surface area contributed by atoms with E-state index in [2.05, 4.69) is 102 Å². The van der Waals surface area contributed by atoms with Crippen molar-refractivity contribution >= 4 is 26.9 Å². The number of sulfone groups is 1. The summed E-state index contributed by atoms with van der Waals surface area (Å²) in [6.45, 7) is 0. The maximum atomic E-state index is 14.2. The van der Waals surface area contributed by atoms with Gasteiger partial charge in [-0.25, -0.2) is 8.42 Å². The molecule has 0 radical (unpaired) electrons. The van der Waals surface area contributed by atoms with Crippen LogP contribution in [0.3, 0.4) is 0 Å². The van der Waals surface area contributed by atoms with Gasteiger partial charge in [0.2, 0.25) is 9.84 Å². The van der Waals surface area contributed by atoms with E-state index in [0.29, 0.717) is 15.5 Å². The molecule has 2 aliphatic heterocycles. The van der Waals surface area contributed by atoms with Crippen LogP contribution in [0.25, 0.3) is 11.1 Å². The van der Waals surface area contributed by atoms with Crippen molar-refractivity contribution in [3.63, 3.8) is 0 Å². The third kappa shape index (κ3) is 2.82. The normalized spacial score (nSPS) is 16.0. The van der Waals surface area contributed by atoms with Gasteiger partial charge in [0.05, 0.1) is 27.4 Å². The van der Waals surface area contributed by atoms with Gasteiger partial charge in [-0.2, -0.15) is 0 Å². The zero-order valence-electron chi connectivity index (χ0n) is 22.7. The van der Waals surface area contributed by atoms with Gasteiger partial charge in [-0.05, 0) is 64.1 Å². The van der Waals surface area contributed by atoms with E-state index in [9.17, 15) is 8.42 Å². The van der Waals surface area contributed by atoms with Crippen LogP contribution in [0.5, 0.6) is 0 Å². The fourth-order valence-corrected chi connectivity index (χ4v) is 9.59. The maximum Gasteiger partial charge on any atom is 0.209 e. The Morgan fingerprint density at radius 3 is 1.60 bits per heavy atom. The van der Waals surface area contributed by atoms with Crippen LogP contribution in [0, 0.1) is 0 Å². The Balaban J connectivity index is 1.42. The topological polar surface area (TPSA) is 37.4 Å². The van der Waals surface area contributed by atoms with Gasteiger partial charge in [-0.3, -0.25) is 0 Å². The lowest BCUT2D eigenvalue weighted by molar-refractivity contribution is 0.598. The highest BCUT2D eigenvalue weighted by Gasteiger charge is 2.50. The van der Waals surface area contributed by atoms with E-state index >= 15 is 0 Å². The van der Waals surface area contributed by atoms with E-state index in [0.717, 1.165) is 40.0 Å². The predicted octanol–water partition coefficient (Wildman–Crippen LogP) is 8.57. The van der Waals surface area contributed by atoms with Crippen molar-refractivity contribution < 1.29 is 8.42 Å². The molecule has 3 aliphatic rings. The molecule has 0 aromatic heterocycles. The first kappa shape index (κ1) is 23.7. The number of fused-ring (bicyclic) bond motifs is 11. The Morgan fingerprint density at radius 2 is 0.952 bits per heavy atom. The fourth-order valence-electron chi connectivity index (χ4n) is 7.75. The van der Waals surface area contributed by atoms with Crippen molar-refractivity contribution in [1.29, 1.82) is 0 Å². The lowest BCUT2D eigenvalue weighted by Gasteiger charge is -2.49. The minimum absolute atomic E-state index is 0.371. The second kappa shape index (κ2) is 8.31. The molecule has 4 heteroatoms. The molecule has 3 nitrogen and oxygen atoms in total. The van der Waals surface area contributed by atoms with Gasteiger partial charge in [0.1, 0.15) is 4.90 Å². The van der Waals surface area contributed by atoms with E-state index in [1.54, 1.807) is 12.1 Å². The van der Waals surface area contributed by atoms with E-state index in [4.69, 9.17) is 0 Å². The highest BCUT2D eigenvalue weighted by Crippen LogP contribution is 2.61. The monoisotopic (exact) mass is 559 g/mol. The van der Waals surface area contributed by atoms with Crippen molar-refractivity contribution in [2.24, 2.45) is 0 Å². The molecule has 0 atom stereocenters. The van der Waals surface area contributed by atoms with E-state index < -0.39 is 15.3 Å². The summed E-state index contributed by atoms with van der Waals surface area (Å²) in [5, 5.41) is 0. The number of benzene rings is 6. The summed E-state index contributed by atoms with van der Waals surface area (Å²) in [7, 11) is -3.72. The van der Waals surface area contributed by atoms with Gasteiger partial charge in [0, 0.05) is 11.1 Å². The Bertz CT molecular complexity index is 2120. The fraction of sp³-hybridized carbons (Fsp3) is 0.0526. The summed E-state index contributed by atoms with van der Waals surface area (Å²) in [4.78, 5) is 2.92. The summed E-state index contributed by atoms with van der Waals surface area (Å²) < 4.78 is 28.3. The van der Waals surface area contributed by atoms with Crippen LogP contribution in [-0.2, 0) is 21.7 Å². The van der Waals surface area contributed by atoms with Crippen molar-refractivity contribution in [2.45, 2.75) is 21.6 Å². The standard InChI is InChI=1S/C38H25NO2S/c40-42(41)36-23-10-3-14-27(36)28-15-11-22-35(37(28)42)39-33-20-8-6-18-31(33)38(32-19-7-9-21-34(32)39)29-16-4-1-12-25(29)24-26-13-2-5-17-30(26)38/h1-23H,24H2. The molecule has 0 saturated heterocycles. The Kier molecular flexibility index (Phi) is 4.70. The van der Waals surface area contributed by atoms with Crippen LogP contribution in [-0.4, -0.2) is 8.42 Å². The van der Waals surface area contributed by atoms with Crippen molar-refractivity contribution in [3.8, 4) is 11.1 Å². The molecule has 200 valence electrons. The first-order valence-electron chi connectivity index (χ1n) is 14.3. The maximum absolute atomic E-state index is 14.2. The molecule has 1 aliphatic carbocycles. The molecule has 6 aromatic rings. The molecule has 0 amide bonds. The zero-order chi connectivity index (χ0) is 28.1.